The molecule has 1 saturated carbocycles. The maximum Gasteiger partial charge on any atom is 0.0528 e. The summed E-state index contributed by atoms with van der Waals surface area (Å²) in [5.41, 5.74) is 9.51. The van der Waals surface area contributed by atoms with E-state index in [9.17, 15) is 0 Å². The topological polar surface area (TPSA) is 3.24 Å². The summed E-state index contributed by atoms with van der Waals surface area (Å²) in [5.74, 6) is 0. The van der Waals surface area contributed by atoms with Crippen LogP contribution in [0.2, 0.25) is 0 Å². The van der Waals surface area contributed by atoms with Gasteiger partial charge in [-0.2, -0.15) is 0 Å². The quantitative estimate of drug-likeness (QED) is 0.171. The van der Waals surface area contributed by atoms with E-state index >= 15 is 0 Å². The normalized spacial score (nSPS) is 22.2. The minimum Gasteiger partial charge on any atom is -0.334 e. The predicted octanol–water partition coefficient (Wildman–Crippen LogP) is 14.1. The van der Waals surface area contributed by atoms with Crippen LogP contribution in [0.25, 0.3) is 65.3 Å². The highest BCUT2D eigenvalue weighted by atomic mass is 15.3. The minimum atomic E-state index is -0.0821. The van der Waals surface area contributed by atoms with Gasteiger partial charge < -0.3 is 4.90 Å². The second-order valence-electron chi connectivity index (χ2n) is 17.4. The van der Waals surface area contributed by atoms with Gasteiger partial charge in [-0.3, -0.25) is 0 Å². The van der Waals surface area contributed by atoms with Crippen molar-refractivity contribution in [1.82, 2.24) is 0 Å². The van der Waals surface area contributed by atoms with Gasteiger partial charge in [-0.25, -0.2) is 0 Å². The van der Waals surface area contributed by atoms with Crippen LogP contribution in [0.1, 0.15) is 59.9 Å². The van der Waals surface area contributed by atoms with Gasteiger partial charge in [0.15, 0.2) is 0 Å². The van der Waals surface area contributed by atoms with Crippen LogP contribution in [0.15, 0.2) is 140 Å². The summed E-state index contributed by atoms with van der Waals surface area (Å²) in [5, 5.41) is 10.6. The molecule has 8 aromatic rings. The Labute approximate surface area is 301 Å². The van der Waals surface area contributed by atoms with Gasteiger partial charge in [0, 0.05) is 16.8 Å². The summed E-state index contributed by atoms with van der Waals surface area (Å²) in [6.45, 7) is 15.1. The molecule has 1 heteroatoms. The number of anilines is 2. The molecule has 8 aromatic carbocycles. The molecule has 2 atom stereocenters. The van der Waals surface area contributed by atoms with E-state index < -0.39 is 0 Å². The van der Waals surface area contributed by atoms with Crippen LogP contribution in [-0.2, 0) is 5.41 Å². The van der Waals surface area contributed by atoms with E-state index in [4.69, 9.17) is 0 Å². The van der Waals surface area contributed by atoms with Crippen LogP contribution in [0.5, 0.6) is 0 Å². The molecule has 250 valence electrons. The lowest BCUT2D eigenvalue weighted by Crippen LogP contribution is -2.65. The number of hydrogen-bond acceptors (Lipinski definition) is 1. The number of benzene rings is 8. The molecule has 1 aliphatic carbocycles. The zero-order valence-electron chi connectivity index (χ0n) is 30.6. The third-order valence-corrected chi connectivity index (χ3v) is 13.5. The number of para-hydroxylation sites is 1. The first-order chi connectivity index (χ1) is 24.5. The van der Waals surface area contributed by atoms with Crippen LogP contribution in [0, 0.1) is 10.8 Å². The Hall–Kier alpha value is -5.14. The second-order valence-corrected chi connectivity index (χ2v) is 17.4. The van der Waals surface area contributed by atoms with Crippen molar-refractivity contribution >= 4 is 54.5 Å². The lowest BCUT2D eigenvalue weighted by molar-refractivity contribution is -0.0236. The fourth-order valence-corrected chi connectivity index (χ4v) is 11.5. The average Bonchev–Trinajstić information content (AvgIpc) is 3.32. The van der Waals surface area contributed by atoms with E-state index in [-0.39, 0.29) is 21.8 Å². The maximum atomic E-state index is 2.70. The number of rotatable bonds is 3. The van der Waals surface area contributed by atoms with Crippen molar-refractivity contribution in [1.29, 1.82) is 0 Å². The van der Waals surface area contributed by atoms with E-state index in [1.807, 2.05) is 0 Å². The Morgan fingerprint density at radius 2 is 1.08 bits per heavy atom. The average molecular weight is 660 g/mol. The number of fused-ring (bicyclic) bond motifs is 4. The molecule has 2 aliphatic rings. The molecule has 2 unspecified atom stereocenters. The van der Waals surface area contributed by atoms with Crippen LogP contribution < -0.4 is 4.90 Å². The molecule has 0 bridgehead atoms. The fraction of sp³-hybridized carbons (Fsp3) is 0.240. The molecule has 1 nitrogen and oxygen atoms in total. The van der Waals surface area contributed by atoms with Gasteiger partial charge in [0.1, 0.15) is 0 Å². The summed E-state index contributed by atoms with van der Waals surface area (Å²) in [7, 11) is 0. The molecular formula is C50H45N. The van der Waals surface area contributed by atoms with Crippen molar-refractivity contribution < 1.29 is 0 Å². The number of nitrogens with zero attached hydrogens (tertiary/aromatic N) is 1. The van der Waals surface area contributed by atoms with Crippen LogP contribution in [-0.4, -0.2) is 5.54 Å². The third-order valence-electron chi connectivity index (χ3n) is 13.5. The molecule has 0 N–H and O–H groups in total. The van der Waals surface area contributed by atoms with E-state index in [2.05, 4.69) is 186 Å². The Morgan fingerprint density at radius 3 is 1.82 bits per heavy atom. The first-order valence-corrected chi connectivity index (χ1v) is 18.7. The summed E-state index contributed by atoms with van der Waals surface area (Å²) < 4.78 is 0. The summed E-state index contributed by atoms with van der Waals surface area (Å²) in [4.78, 5) is 2.70. The fourth-order valence-electron chi connectivity index (χ4n) is 11.5. The zero-order chi connectivity index (χ0) is 34.9. The Kier molecular flexibility index (Phi) is 6.15. The summed E-state index contributed by atoms with van der Waals surface area (Å²) >= 11 is 0. The van der Waals surface area contributed by atoms with E-state index in [1.165, 1.54) is 88.7 Å². The molecule has 1 aliphatic heterocycles. The zero-order valence-corrected chi connectivity index (χ0v) is 30.6. The van der Waals surface area contributed by atoms with Gasteiger partial charge in [-0.05, 0) is 126 Å². The van der Waals surface area contributed by atoms with Crippen molar-refractivity contribution in [2.75, 3.05) is 4.90 Å². The van der Waals surface area contributed by atoms with Gasteiger partial charge in [-0.15, -0.1) is 0 Å². The summed E-state index contributed by atoms with van der Waals surface area (Å²) in [6.07, 6.45) is 2.33. The van der Waals surface area contributed by atoms with Crippen LogP contribution >= 0.6 is 0 Å². The maximum absolute atomic E-state index is 2.70. The highest BCUT2D eigenvalue weighted by molar-refractivity contribution is 6.28. The summed E-state index contributed by atoms with van der Waals surface area (Å²) in [6, 6.07) is 52.8. The van der Waals surface area contributed by atoms with Crippen molar-refractivity contribution in [2.24, 2.45) is 10.8 Å². The van der Waals surface area contributed by atoms with Crippen molar-refractivity contribution in [3.63, 3.8) is 0 Å². The van der Waals surface area contributed by atoms with Gasteiger partial charge >= 0.3 is 0 Å². The lowest BCUT2D eigenvalue weighted by Gasteiger charge is -2.62. The molecule has 0 aromatic heterocycles. The molecular weight excluding hydrogens is 615 g/mol. The van der Waals surface area contributed by atoms with Crippen molar-refractivity contribution in [3.8, 4) is 22.3 Å². The second kappa shape index (κ2) is 10.2. The van der Waals surface area contributed by atoms with Gasteiger partial charge in [0.25, 0.3) is 0 Å². The predicted molar refractivity (Wildman–Crippen MR) is 220 cm³/mol. The first-order valence-electron chi connectivity index (χ1n) is 18.7. The van der Waals surface area contributed by atoms with E-state index in [0.717, 1.165) is 6.42 Å². The SMILES string of the molecule is CC1(C)CC(C)(C)C2(C)c3cc(-c4ccc5ccc6c(-c7cccc8ccccc78)ccc7ccc4c5c76)ccc3N(c3ccccc3)C2(C)C1. The van der Waals surface area contributed by atoms with E-state index in [1.54, 1.807) is 0 Å². The van der Waals surface area contributed by atoms with Gasteiger partial charge in [0.2, 0.25) is 0 Å². The molecule has 10 rings (SSSR count). The van der Waals surface area contributed by atoms with Gasteiger partial charge in [0.05, 0.1) is 5.54 Å². The molecule has 0 saturated heterocycles. The Morgan fingerprint density at radius 1 is 0.471 bits per heavy atom. The van der Waals surface area contributed by atoms with Crippen molar-refractivity contribution in [3.05, 3.63) is 145 Å². The largest absolute Gasteiger partial charge is 0.334 e. The highest BCUT2D eigenvalue weighted by Gasteiger charge is 2.67. The minimum absolute atomic E-state index is 0.0617. The molecule has 0 spiro atoms. The third kappa shape index (κ3) is 4.04. The molecule has 0 amide bonds. The lowest BCUT2D eigenvalue weighted by atomic mass is 9.45. The Balaban J connectivity index is 1.21. The van der Waals surface area contributed by atoms with E-state index in [0.29, 0.717) is 0 Å². The first kappa shape index (κ1) is 30.7. The molecule has 0 radical (unpaired) electrons. The smallest absolute Gasteiger partial charge is 0.0528 e. The Bertz CT molecular complexity index is 2670. The molecule has 51 heavy (non-hydrogen) atoms. The molecule has 1 heterocycles. The molecule has 1 fully saturated rings. The van der Waals surface area contributed by atoms with Crippen molar-refractivity contribution in [2.45, 2.75) is 65.3 Å². The monoisotopic (exact) mass is 659 g/mol. The highest BCUT2D eigenvalue weighted by Crippen LogP contribution is 2.70. The van der Waals surface area contributed by atoms with Crippen LogP contribution in [0.3, 0.4) is 0 Å². The standard InChI is InChI=1S/C50H45N/c1-47(2)30-48(3,4)50(6)43-29-35(23-28-44(43)51(49(50,5)31-47)36-15-8-7-9-16-36)38-24-19-33-22-27-42-40(25-20-34-21-26-41(38)45(33)46(34)42)39-18-12-14-32-13-10-11-17-37(32)39/h7-29H,30-31H2,1-6H3. The van der Waals surface area contributed by atoms with Crippen LogP contribution in [0.4, 0.5) is 11.4 Å². The van der Waals surface area contributed by atoms with Gasteiger partial charge in [-0.1, -0.05) is 150 Å². The number of hydrogen-bond donors (Lipinski definition) is 0.